The Bertz CT molecular complexity index is 1250. The van der Waals surface area contributed by atoms with E-state index in [1.807, 2.05) is 32.6 Å². The lowest BCUT2D eigenvalue weighted by Crippen LogP contribution is -2.42. The first kappa shape index (κ1) is 27.8. The van der Waals surface area contributed by atoms with E-state index in [1.54, 1.807) is 11.6 Å². The number of carbonyl (C=O) groups is 1. The molecule has 0 radical (unpaired) electrons. The number of nitrogens with one attached hydrogen (secondary N) is 1. The molecule has 2 atom stereocenters. The van der Waals surface area contributed by atoms with Crippen molar-refractivity contribution in [3.8, 4) is 0 Å². The van der Waals surface area contributed by atoms with E-state index in [-0.39, 0.29) is 39.7 Å². The minimum Gasteiger partial charge on any atom is -0.457 e. The predicted molar refractivity (Wildman–Crippen MR) is 130 cm³/mol. The Hall–Kier alpha value is -2.81. The molecule has 2 unspecified atom stereocenters. The van der Waals surface area contributed by atoms with E-state index in [0.29, 0.717) is 18.5 Å². The number of alkyl halides is 3. The molecule has 36 heavy (non-hydrogen) atoms. The summed E-state index contributed by atoms with van der Waals surface area (Å²) in [5, 5.41) is 15.2. The van der Waals surface area contributed by atoms with Gasteiger partial charge in [-0.2, -0.15) is 21.6 Å². The summed E-state index contributed by atoms with van der Waals surface area (Å²) in [6, 6.07) is 2.98. The monoisotopic (exact) mass is 548 g/mol. The molecular weight excluding hydrogens is 521 g/mol. The van der Waals surface area contributed by atoms with Crippen LogP contribution in [0.3, 0.4) is 0 Å². The Balaban J connectivity index is 2.01. The van der Waals surface area contributed by atoms with Crippen molar-refractivity contribution in [2.45, 2.75) is 77.6 Å². The van der Waals surface area contributed by atoms with E-state index < -0.39 is 21.5 Å². The molecule has 2 heterocycles. The summed E-state index contributed by atoms with van der Waals surface area (Å²) >= 11 is 0.785. The minimum atomic E-state index is -5.71. The smallest absolute Gasteiger partial charge is 0.457 e. The van der Waals surface area contributed by atoms with Gasteiger partial charge >= 0.3 is 21.5 Å². The first-order chi connectivity index (χ1) is 16.7. The van der Waals surface area contributed by atoms with Crippen molar-refractivity contribution in [2.75, 3.05) is 9.62 Å². The zero-order valence-electron chi connectivity index (χ0n) is 20.3. The van der Waals surface area contributed by atoms with E-state index in [2.05, 4.69) is 20.4 Å². The van der Waals surface area contributed by atoms with Crippen molar-refractivity contribution >= 4 is 49.5 Å². The molecule has 0 saturated heterocycles. The van der Waals surface area contributed by atoms with Gasteiger partial charge in [-0.25, -0.2) is 4.79 Å². The van der Waals surface area contributed by atoms with E-state index in [9.17, 15) is 26.4 Å². The highest BCUT2D eigenvalue weighted by molar-refractivity contribution is 7.93. The van der Waals surface area contributed by atoms with Gasteiger partial charge in [0, 0.05) is 17.8 Å². The second-order valence-electron chi connectivity index (χ2n) is 8.65. The molecule has 0 spiro atoms. The van der Waals surface area contributed by atoms with Crippen molar-refractivity contribution in [2.24, 2.45) is 10.2 Å². The van der Waals surface area contributed by atoms with Gasteiger partial charge in [0.25, 0.3) is 5.13 Å². The van der Waals surface area contributed by atoms with Crippen LogP contribution in [-0.2, 0) is 21.2 Å². The molecule has 1 N–H and O–H groups in total. The number of halogens is 3. The Morgan fingerprint density at radius 1 is 1.28 bits per heavy atom. The molecule has 3 rings (SSSR count). The molecule has 10 nitrogen and oxygen atoms in total. The topological polar surface area (TPSA) is 126 Å². The lowest BCUT2D eigenvalue weighted by Gasteiger charge is -2.40. The fourth-order valence-electron chi connectivity index (χ4n) is 3.71. The summed E-state index contributed by atoms with van der Waals surface area (Å²) in [5.74, 6) is -0.682. The number of aryl methyl sites for hydroxylation is 1. The highest BCUT2D eigenvalue weighted by Gasteiger charge is 2.46. The number of anilines is 2. The normalized spacial score (nSPS) is 17.4. The third-order valence-electron chi connectivity index (χ3n) is 5.60. The summed E-state index contributed by atoms with van der Waals surface area (Å²) in [5.41, 5.74) is -4.62. The van der Waals surface area contributed by atoms with Crippen LogP contribution >= 0.6 is 11.3 Å². The zero-order valence-corrected chi connectivity index (χ0v) is 22.0. The zero-order chi connectivity index (χ0) is 26.8. The van der Waals surface area contributed by atoms with Gasteiger partial charge < -0.3 is 9.64 Å². The average molecular weight is 549 g/mol. The van der Waals surface area contributed by atoms with Gasteiger partial charge in [0.1, 0.15) is 5.69 Å². The van der Waals surface area contributed by atoms with Crippen LogP contribution in [0.25, 0.3) is 0 Å². The number of ether oxygens (including phenoxy) is 1. The van der Waals surface area contributed by atoms with Crippen LogP contribution < -0.4 is 9.62 Å². The van der Waals surface area contributed by atoms with E-state index >= 15 is 0 Å². The van der Waals surface area contributed by atoms with Crippen LogP contribution in [0.1, 0.15) is 62.8 Å². The maximum atomic E-state index is 13.1. The molecule has 1 aromatic carbocycles. The molecule has 1 aliphatic heterocycles. The lowest BCUT2D eigenvalue weighted by atomic mass is 9.94. The first-order valence-corrected chi connectivity index (χ1v) is 13.5. The second-order valence-corrected chi connectivity index (χ2v) is 11.3. The van der Waals surface area contributed by atoms with Gasteiger partial charge in [0.05, 0.1) is 11.8 Å². The van der Waals surface area contributed by atoms with Crippen LogP contribution in [0.15, 0.2) is 22.4 Å². The quantitative estimate of drug-likeness (QED) is 0.330. The number of rotatable bonds is 8. The Labute approximate surface area is 211 Å². The number of carbonyl (C=O) groups excluding carboxylic acids is 1. The lowest BCUT2D eigenvalue weighted by molar-refractivity contribution is -0.0429. The molecule has 1 aliphatic rings. The van der Waals surface area contributed by atoms with Crippen LogP contribution in [0, 0.1) is 0 Å². The summed E-state index contributed by atoms with van der Waals surface area (Å²) < 4.78 is 69.9. The Morgan fingerprint density at radius 2 is 1.97 bits per heavy atom. The van der Waals surface area contributed by atoms with E-state index in [4.69, 9.17) is 4.74 Å². The maximum absolute atomic E-state index is 13.1. The standard InChI is InChI=1S/C21H27F3N6O4S2/c1-6-13(5)34-19(31)18-26-28-20(35-18)27-25-15-9-14-8-7-12(4)30(11(2)3)17(14)10-16(15)29-36(32,33)21(22,23)24/h9-13,29H,6-8H2,1-5H3. The number of fused-ring (bicyclic) bond motifs is 1. The Morgan fingerprint density at radius 3 is 2.58 bits per heavy atom. The number of hydrogen-bond donors (Lipinski definition) is 1. The van der Waals surface area contributed by atoms with Gasteiger partial charge in [0.2, 0.25) is 5.01 Å². The molecule has 0 amide bonds. The largest absolute Gasteiger partial charge is 0.516 e. The number of esters is 1. The SMILES string of the molecule is CCC(C)OC(=O)c1nnc(N=Nc2cc3c(cc2NS(=O)(=O)C(F)(F)F)N(C(C)C)C(C)CC3)s1. The van der Waals surface area contributed by atoms with Gasteiger partial charge in [-0.1, -0.05) is 18.3 Å². The molecule has 198 valence electrons. The summed E-state index contributed by atoms with van der Waals surface area (Å²) in [4.78, 5) is 14.1. The third kappa shape index (κ3) is 6.11. The highest BCUT2D eigenvalue weighted by Crippen LogP contribution is 2.41. The van der Waals surface area contributed by atoms with E-state index in [1.165, 1.54) is 12.1 Å². The maximum Gasteiger partial charge on any atom is 0.516 e. The van der Waals surface area contributed by atoms with Gasteiger partial charge in [-0.05, 0) is 64.7 Å². The summed E-state index contributed by atoms with van der Waals surface area (Å²) in [7, 11) is -5.71. The highest BCUT2D eigenvalue weighted by atomic mass is 32.2. The molecule has 1 aromatic heterocycles. The molecule has 2 aromatic rings. The van der Waals surface area contributed by atoms with Crippen molar-refractivity contribution in [1.82, 2.24) is 10.2 Å². The number of nitrogens with zero attached hydrogens (tertiary/aromatic N) is 5. The number of benzene rings is 1. The van der Waals surface area contributed by atoms with Crippen LogP contribution in [-0.4, -0.2) is 48.3 Å². The molecule has 0 aliphatic carbocycles. The van der Waals surface area contributed by atoms with Crippen molar-refractivity contribution < 1.29 is 31.1 Å². The molecular formula is C21H27F3N6O4S2. The fourth-order valence-corrected chi connectivity index (χ4v) is 4.83. The van der Waals surface area contributed by atoms with Crippen LogP contribution in [0.4, 0.5) is 35.4 Å². The van der Waals surface area contributed by atoms with E-state index in [0.717, 1.165) is 23.3 Å². The summed E-state index contributed by atoms with van der Waals surface area (Å²) in [6.45, 7) is 9.45. The predicted octanol–water partition coefficient (Wildman–Crippen LogP) is 5.72. The van der Waals surface area contributed by atoms with Crippen molar-refractivity contribution in [1.29, 1.82) is 0 Å². The Kier molecular flexibility index (Phi) is 8.23. The van der Waals surface area contributed by atoms with Gasteiger partial charge in [0.15, 0.2) is 0 Å². The number of azo groups is 1. The van der Waals surface area contributed by atoms with Crippen LogP contribution in [0.5, 0.6) is 0 Å². The van der Waals surface area contributed by atoms with Crippen LogP contribution in [0.2, 0.25) is 0 Å². The van der Waals surface area contributed by atoms with Crippen molar-refractivity contribution in [3.63, 3.8) is 0 Å². The number of hydrogen-bond acceptors (Lipinski definition) is 10. The summed E-state index contributed by atoms with van der Waals surface area (Å²) in [6.07, 6.45) is 1.71. The van der Waals surface area contributed by atoms with Gasteiger partial charge in [-0.3, -0.25) is 4.72 Å². The first-order valence-electron chi connectivity index (χ1n) is 11.2. The molecule has 0 fully saturated rings. The third-order valence-corrected chi connectivity index (χ3v) is 7.49. The van der Waals surface area contributed by atoms with Crippen molar-refractivity contribution in [3.05, 3.63) is 22.7 Å². The number of sulfonamides is 1. The fraction of sp³-hybridized carbons (Fsp3) is 0.571. The second kappa shape index (κ2) is 10.7. The van der Waals surface area contributed by atoms with Gasteiger partial charge in [-0.15, -0.1) is 20.4 Å². The molecule has 15 heteroatoms. The number of aromatic nitrogens is 2. The molecule has 0 bridgehead atoms. The average Bonchev–Trinajstić information content (AvgIpc) is 3.25. The molecule has 0 saturated carbocycles. The minimum absolute atomic E-state index is 0.0218.